The van der Waals surface area contributed by atoms with E-state index in [0.29, 0.717) is 0 Å². The van der Waals surface area contributed by atoms with Crippen molar-refractivity contribution in [3.8, 4) is 0 Å². The summed E-state index contributed by atoms with van der Waals surface area (Å²) in [5.74, 6) is 0.0739. The maximum atomic E-state index is 11.0. The van der Waals surface area contributed by atoms with Crippen molar-refractivity contribution in [1.82, 2.24) is 5.32 Å². The van der Waals surface area contributed by atoms with Gasteiger partial charge in [-0.05, 0) is 30.4 Å². The van der Waals surface area contributed by atoms with E-state index in [1.807, 2.05) is 0 Å². The van der Waals surface area contributed by atoms with E-state index >= 15 is 0 Å². The van der Waals surface area contributed by atoms with Gasteiger partial charge in [0.15, 0.2) is 0 Å². The summed E-state index contributed by atoms with van der Waals surface area (Å²) < 4.78 is 0. The quantitative estimate of drug-likeness (QED) is 0.714. The first kappa shape index (κ1) is 11.3. The lowest BCUT2D eigenvalue weighted by Crippen LogP contribution is -2.44. The minimum Gasteiger partial charge on any atom is -0.465 e. The van der Waals surface area contributed by atoms with Gasteiger partial charge in [0.05, 0.1) is 0 Å². The minimum atomic E-state index is -1.19. The molecule has 1 saturated carbocycles. The fraction of sp³-hybridized carbons (Fsp3) is 0.778. The molecular weight excluding hydrogens is 206 g/mol. The first-order valence-electron chi connectivity index (χ1n) is 4.80. The third-order valence-electron chi connectivity index (χ3n) is 2.64. The predicted octanol–water partition coefficient (Wildman–Crippen LogP) is 1.97. The van der Waals surface area contributed by atoms with E-state index in [1.54, 1.807) is 0 Å². The van der Waals surface area contributed by atoms with Crippen LogP contribution in [0, 0.1) is 5.92 Å². The zero-order valence-electron chi connectivity index (χ0n) is 7.83. The molecule has 1 aliphatic carbocycles. The molecule has 4 nitrogen and oxygen atoms in total. The summed E-state index contributed by atoms with van der Waals surface area (Å²) in [6.07, 6.45) is 3.83. The second-order valence-corrected chi connectivity index (χ2v) is 4.00. The summed E-state index contributed by atoms with van der Waals surface area (Å²) >= 11 is 5.36. The molecule has 1 aliphatic rings. The molecule has 0 radical (unpaired) electrons. The number of carboxylic acid groups (broad SMARTS) is 1. The Balaban J connectivity index is 2.56. The summed E-state index contributed by atoms with van der Waals surface area (Å²) in [5, 5.41) is 10.1. The van der Waals surface area contributed by atoms with Crippen LogP contribution in [0.15, 0.2) is 0 Å². The number of nitrogens with one attached hydrogen (secondary N) is 1. The first-order chi connectivity index (χ1) is 6.61. The van der Waals surface area contributed by atoms with Crippen LogP contribution in [0.4, 0.5) is 4.79 Å². The SMILES string of the molecule is O=C(O)N[C@H](C(=O)Cl)C1CCCCC1. The highest BCUT2D eigenvalue weighted by molar-refractivity contribution is 6.64. The standard InChI is InChI=1S/C9H14ClNO3/c10-8(12)7(11-9(13)14)6-4-2-1-3-5-6/h6-7,11H,1-5H2,(H,13,14)/t7-/m0/s1. The van der Waals surface area contributed by atoms with Gasteiger partial charge in [-0.25, -0.2) is 4.79 Å². The fourth-order valence-electron chi connectivity index (χ4n) is 1.96. The molecule has 0 saturated heterocycles. The van der Waals surface area contributed by atoms with Crippen LogP contribution in [0.25, 0.3) is 0 Å². The van der Waals surface area contributed by atoms with Crippen LogP contribution in [0.5, 0.6) is 0 Å². The van der Waals surface area contributed by atoms with Gasteiger partial charge < -0.3 is 10.4 Å². The molecule has 0 aromatic rings. The molecule has 14 heavy (non-hydrogen) atoms. The number of hydrogen-bond acceptors (Lipinski definition) is 2. The van der Waals surface area contributed by atoms with E-state index in [9.17, 15) is 9.59 Å². The number of rotatable bonds is 3. The van der Waals surface area contributed by atoms with Crippen molar-refractivity contribution in [2.75, 3.05) is 0 Å². The van der Waals surface area contributed by atoms with Crippen LogP contribution < -0.4 is 5.32 Å². The molecule has 1 rings (SSSR count). The average molecular weight is 220 g/mol. The summed E-state index contributed by atoms with van der Waals surface area (Å²) in [5.41, 5.74) is 0. The lowest BCUT2D eigenvalue weighted by molar-refractivity contribution is -0.114. The Morgan fingerprint density at radius 3 is 2.29 bits per heavy atom. The number of amides is 1. The molecule has 0 aliphatic heterocycles. The van der Waals surface area contributed by atoms with Gasteiger partial charge in [-0.2, -0.15) is 0 Å². The molecule has 0 aromatic carbocycles. The summed E-state index contributed by atoms with van der Waals surface area (Å²) in [6.45, 7) is 0. The second kappa shape index (κ2) is 5.20. The Kier molecular flexibility index (Phi) is 4.20. The minimum absolute atomic E-state index is 0.0739. The monoisotopic (exact) mass is 219 g/mol. The largest absolute Gasteiger partial charge is 0.465 e. The van der Waals surface area contributed by atoms with Crippen LogP contribution in [-0.2, 0) is 4.79 Å². The molecule has 0 aromatic heterocycles. The van der Waals surface area contributed by atoms with E-state index in [1.165, 1.54) is 0 Å². The van der Waals surface area contributed by atoms with Crippen LogP contribution in [0.1, 0.15) is 32.1 Å². The molecule has 80 valence electrons. The number of carbonyl (C=O) groups is 2. The zero-order chi connectivity index (χ0) is 10.6. The summed E-state index contributed by atoms with van der Waals surface area (Å²) in [4.78, 5) is 21.5. The molecule has 0 unspecified atom stereocenters. The molecule has 1 amide bonds. The van der Waals surface area contributed by atoms with Gasteiger partial charge in [-0.1, -0.05) is 19.3 Å². The molecule has 0 spiro atoms. The third kappa shape index (κ3) is 3.18. The van der Waals surface area contributed by atoms with E-state index in [2.05, 4.69) is 5.32 Å². The maximum Gasteiger partial charge on any atom is 0.405 e. The van der Waals surface area contributed by atoms with Crippen LogP contribution >= 0.6 is 11.6 Å². The Labute approximate surface area is 87.6 Å². The number of hydrogen-bond donors (Lipinski definition) is 2. The molecule has 0 bridgehead atoms. The molecule has 1 fully saturated rings. The van der Waals surface area contributed by atoms with E-state index in [-0.39, 0.29) is 5.92 Å². The Morgan fingerprint density at radius 2 is 1.86 bits per heavy atom. The molecule has 2 N–H and O–H groups in total. The van der Waals surface area contributed by atoms with Gasteiger partial charge in [0, 0.05) is 0 Å². The summed E-state index contributed by atoms with van der Waals surface area (Å²) in [7, 11) is 0. The van der Waals surface area contributed by atoms with Crippen molar-refractivity contribution < 1.29 is 14.7 Å². The van der Waals surface area contributed by atoms with Gasteiger partial charge in [0.1, 0.15) is 6.04 Å². The lowest BCUT2D eigenvalue weighted by Gasteiger charge is -2.27. The van der Waals surface area contributed by atoms with Crippen molar-refractivity contribution in [3.05, 3.63) is 0 Å². The summed E-state index contributed by atoms with van der Waals surface area (Å²) in [6, 6.07) is -0.727. The van der Waals surface area contributed by atoms with Gasteiger partial charge >= 0.3 is 6.09 Å². The van der Waals surface area contributed by atoms with Crippen LogP contribution in [-0.4, -0.2) is 22.5 Å². The highest BCUT2D eigenvalue weighted by atomic mass is 35.5. The second-order valence-electron chi connectivity index (χ2n) is 3.63. The Bertz CT molecular complexity index is 226. The van der Waals surface area contributed by atoms with Crippen LogP contribution in [0.3, 0.4) is 0 Å². The molecule has 0 heterocycles. The van der Waals surface area contributed by atoms with Crippen molar-refractivity contribution >= 4 is 22.9 Å². The lowest BCUT2D eigenvalue weighted by atomic mass is 9.84. The van der Waals surface area contributed by atoms with E-state index in [4.69, 9.17) is 16.7 Å². The Hall–Kier alpha value is -0.770. The van der Waals surface area contributed by atoms with Crippen molar-refractivity contribution in [3.63, 3.8) is 0 Å². The number of halogens is 1. The average Bonchev–Trinajstić information content (AvgIpc) is 2.15. The fourth-order valence-corrected chi connectivity index (χ4v) is 2.19. The predicted molar refractivity (Wildman–Crippen MR) is 52.4 cm³/mol. The van der Waals surface area contributed by atoms with Crippen molar-refractivity contribution in [2.45, 2.75) is 38.1 Å². The van der Waals surface area contributed by atoms with Gasteiger partial charge in [0.2, 0.25) is 5.24 Å². The van der Waals surface area contributed by atoms with Crippen molar-refractivity contribution in [2.24, 2.45) is 5.92 Å². The topological polar surface area (TPSA) is 66.4 Å². The smallest absolute Gasteiger partial charge is 0.405 e. The molecular formula is C9H14ClNO3. The first-order valence-corrected chi connectivity index (χ1v) is 5.18. The maximum absolute atomic E-state index is 11.0. The number of carbonyl (C=O) groups excluding carboxylic acids is 1. The normalized spacial score (nSPS) is 20.1. The van der Waals surface area contributed by atoms with Gasteiger partial charge in [0.25, 0.3) is 0 Å². The Morgan fingerprint density at radius 1 is 1.29 bits per heavy atom. The third-order valence-corrected chi connectivity index (χ3v) is 2.88. The zero-order valence-corrected chi connectivity index (χ0v) is 8.59. The van der Waals surface area contributed by atoms with E-state index < -0.39 is 17.4 Å². The van der Waals surface area contributed by atoms with Crippen LogP contribution in [0.2, 0.25) is 0 Å². The molecule has 5 heteroatoms. The highest BCUT2D eigenvalue weighted by Crippen LogP contribution is 2.27. The van der Waals surface area contributed by atoms with Gasteiger partial charge in [-0.3, -0.25) is 4.79 Å². The highest BCUT2D eigenvalue weighted by Gasteiger charge is 2.29. The van der Waals surface area contributed by atoms with Crippen molar-refractivity contribution in [1.29, 1.82) is 0 Å². The van der Waals surface area contributed by atoms with E-state index in [0.717, 1.165) is 32.1 Å². The molecule has 1 atom stereocenters. The van der Waals surface area contributed by atoms with Gasteiger partial charge in [-0.15, -0.1) is 0 Å².